The zero-order valence-corrected chi connectivity index (χ0v) is 22.4. The fourth-order valence-electron chi connectivity index (χ4n) is 5.52. The SMILES string of the molecule is O=C(N[C@@H]1CCN(Cc2ccccc2)C1)c1ccc(-c2ccc(CN3C[C@@H](c4ccccc4)OC3=O)cc2)cc1. The van der Waals surface area contributed by atoms with Crippen LogP contribution < -0.4 is 5.32 Å². The monoisotopic (exact) mass is 531 g/mol. The molecule has 0 bridgehead atoms. The summed E-state index contributed by atoms with van der Waals surface area (Å²) in [6.45, 7) is 3.82. The lowest BCUT2D eigenvalue weighted by molar-refractivity contribution is 0.0937. The van der Waals surface area contributed by atoms with Crippen LogP contribution in [0.5, 0.6) is 0 Å². The Balaban J connectivity index is 1.01. The Morgan fingerprint density at radius 1 is 0.750 bits per heavy atom. The van der Waals surface area contributed by atoms with Crippen LogP contribution in [0.4, 0.5) is 4.79 Å². The van der Waals surface area contributed by atoms with E-state index < -0.39 is 0 Å². The van der Waals surface area contributed by atoms with Crippen LogP contribution in [0.25, 0.3) is 11.1 Å². The van der Waals surface area contributed by atoms with Crippen molar-refractivity contribution in [2.45, 2.75) is 31.7 Å². The molecule has 0 unspecified atom stereocenters. The van der Waals surface area contributed by atoms with Gasteiger partial charge in [-0.25, -0.2) is 4.79 Å². The van der Waals surface area contributed by atoms with Gasteiger partial charge in [-0.1, -0.05) is 97.1 Å². The minimum Gasteiger partial charge on any atom is -0.439 e. The van der Waals surface area contributed by atoms with Gasteiger partial charge in [-0.2, -0.15) is 0 Å². The molecule has 2 amide bonds. The summed E-state index contributed by atoms with van der Waals surface area (Å²) in [6.07, 6.45) is 0.448. The van der Waals surface area contributed by atoms with E-state index in [1.165, 1.54) is 5.56 Å². The molecular weight excluding hydrogens is 498 g/mol. The molecule has 40 heavy (non-hydrogen) atoms. The summed E-state index contributed by atoms with van der Waals surface area (Å²) < 4.78 is 5.58. The molecule has 6 rings (SSSR count). The van der Waals surface area contributed by atoms with Crippen LogP contribution in [0, 0.1) is 0 Å². The standard InChI is InChI=1S/C34H33N3O3/c38-33(35-31-19-20-36(23-31)21-25-7-3-1-4-8-25)30-17-15-28(16-18-30)27-13-11-26(12-14-27)22-37-24-32(40-34(37)39)29-9-5-2-6-10-29/h1-18,31-32H,19-24H2,(H,35,38)/t31-,32+/m1/s1. The summed E-state index contributed by atoms with van der Waals surface area (Å²) in [6, 6.07) is 36.4. The number of likely N-dealkylation sites (tertiary alicyclic amines) is 1. The molecule has 2 saturated heterocycles. The number of amides is 2. The average molecular weight is 532 g/mol. The molecule has 2 aliphatic heterocycles. The molecule has 0 radical (unpaired) electrons. The van der Waals surface area contributed by atoms with E-state index in [1.807, 2.05) is 72.8 Å². The van der Waals surface area contributed by atoms with E-state index in [4.69, 9.17) is 4.74 Å². The smallest absolute Gasteiger partial charge is 0.410 e. The van der Waals surface area contributed by atoms with Crippen molar-refractivity contribution < 1.29 is 14.3 Å². The van der Waals surface area contributed by atoms with E-state index >= 15 is 0 Å². The van der Waals surface area contributed by atoms with E-state index in [2.05, 4.69) is 46.6 Å². The molecule has 6 heteroatoms. The second-order valence-corrected chi connectivity index (χ2v) is 10.6. The first-order valence-corrected chi connectivity index (χ1v) is 13.9. The highest BCUT2D eigenvalue weighted by molar-refractivity contribution is 5.95. The zero-order valence-electron chi connectivity index (χ0n) is 22.4. The number of ether oxygens (including phenoxy) is 1. The van der Waals surface area contributed by atoms with Gasteiger partial charge in [0.1, 0.15) is 6.10 Å². The van der Waals surface area contributed by atoms with Crippen molar-refractivity contribution in [3.63, 3.8) is 0 Å². The maximum atomic E-state index is 12.9. The largest absolute Gasteiger partial charge is 0.439 e. The summed E-state index contributed by atoms with van der Waals surface area (Å²) in [5.41, 5.74) is 6.13. The molecule has 4 aromatic carbocycles. The van der Waals surface area contributed by atoms with Gasteiger partial charge in [0.05, 0.1) is 6.54 Å². The Morgan fingerprint density at radius 2 is 1.38 bits per heavy atom. The second kappa shape index (κ2) is 11.8. The number of carbonyl (C=O) groups excluding carboxylic acids is 2. The Kier molecular flexibility index (Phi) is 7.60. The van der Waals surface area contributed by atoms with Crippen molar-refractivity contribution in [2.75, 3.05) is 19.6 Å². The molecule has 0 spiro atoms. The van der Waals surface area contributed by atoms with E-state index in [1.54, 1.807) is 4.90 Å². The highest BCUT2D eigenvalue weighted by Crippen LogP contribution is 2.28. The minimum atomic E-state index is -0.284. The van der Waals surface area contributed by atoms with Crippen LogP contribution in [-0.2, 0) is 17.8 Å². The van der Waals surface area contributed by atoms with Gasteiger partial charge in [0, 0.05) is 37.8 Å². The molecule has 202 valence electrons. The molecule has 1 N–H and O–H groups in total. The van der Waals surface area contributed by atoms with Crippen molar-refractivity contribution in [1.82, 2.24) is 15.1 Å². The van der Waals surface area contributed by atoms with Gasteiger partial charge in [-0.3, -0.25) is 14.6 Å². The third kappa shape index (κ3) is 6.08. The van der Waals surface area contributed by atoms with Gasteiger partial charge in [0.15, 0.2) is 0 Å². The number of hydrogen-bond acceptors (Lipinski definition) is 4. The minimum absolute atomic E-state index is 0.0280. The molecule has 2 atom stereocenters. The average Bonchev–Trinajstić information content (AvgIpc) is 3.60. The van der Waals surface area contributed by atoms with Crippen molar-refractivity contribution in [3.05, 3.63) is 131 Å². The quantitative estimate of drug-likeness (QED) is 0.301. The maximum absolute atomic E-state index is 12.9. The van der Waals surface area contributed by atoms with Crippen LogP contribution in [0.2, 0.25) is 0 Å². The van der Waals surface area contributed by atoms with Crippen LogP contribution in [0.3, 0.4) is 0 Å². The number of hydrogen-bond donors (Lipinski definition) is 1. The summed E-state index contributed by atoms with van der Waals surface area (Å²) in [5.74, 6) is -0.0280. The molecule has 6 nitrogen and oxygen atoms in total. The fourth-order valence-corrected chi connectivity index (χ4v) is 5.52. The van der Waals surface area contributed by atoms with Gasteiger partial charge >= 0.3 is 6.09 Å². The van der Waals surface area contributed by atoms with Crippen molar-refractivity contribution in [3.8, 4) is 11.1 Å². The van der Waals surface area contributed by atoms with E-state index in [-0.39, 0.29) is 24.1 Å². The molecule has 2 aliphatic rings. The summed E-state index contributed by atoms with van der Waals surface area (Å²) in [4.78, 5) is 29.4. The third-order valence-electron chi connectivity index (χ3n) is 7.72. The lowest BCUT2D eigenvalue weighted by atomic mass is 10.0. The van der Waals surface area contributed by atoms with Crippen LogP contribution in [0.15, 0.2) is 109 Å². The van der Waals surface area contributed by atoms with Crippen molar-refractivity contribution in [2.24, 2.45) is 0 Å². The Hall–Kier alpha value is -4.42. The summed E-state index contributed by atoms with van der Waals surface area (Å²) >= 11 is 0. The number of carbonyl (C=O) groups is 2. The molecule has 2 fully saturated rings. The normalized spacial score (nSPS) is 19.0. The van der Waals surface area contributed by atoms with Crippen molar-refractivity contribution >= 4 is 12.0 Å². The fraction of sp³-hybridized carbons (Fsp3) is 0.235. The highest BCUT2D eigenvalue weighted by atomic mass is 16.6. The number of benzene rings is 4. The number of nitrogens with one attached hydrogen (secondary N) is 1. The van der Waals surface area contributed by atoms with Crippen LogP contribution >= 0.6 is 0 Å². The zero-order chi connectivity index (χ0) is 27.3. The van der Waals surface area contributed by atoms with E-state index in [0.717, 1.165) is 48.3 Å². The second-order valence-electron chi connectivity index (χ2n) is 10.6. The molecule has 0 aliphatic carbocycles. The highest BCUT2D eigenvalue weighted by Gasteiger charge is 2.32. The number of nitrogens with zero attached hydrogens (tertiary/aromatic N) is 2. The third-order valence-corrected chi connectivity index (χ3v) is 7.72. The Bertz CT molecular complexity index is 1440. The number of cyclic esters (lactones) is 1. The van der Waals surface area contributed by atoms with Gasteiger partial charge in [-0.05, 0) is 46.4 Å². The van der Waals surface area contributed by atoms with Crippen LogP contribution in [-0.4, -0.2) is 47.5 Å². The van der Waals surface area contributed by atoms with Gasteiger partial charge < -0.3 is 10.1 Å². The predicted molar refractivity (Wildman–Crippen MR) is 156 cm³/mol. The van der Waals surface area contributed by atoms with Crippen molar-refractivity contribution in [1.29, 1.82) is 0 Å². The molecule has 0 saturated carbocycles. The maximum Gasteiger partial charge on any atom is 0.410 e. The van der Waals surface area contributed by atoms with Gasteiger partial charge in [0.25, 0.3) is 5.91 Å². The lowest BCUT2D eigenvalue weighted by Gasteiger charge is -2.17. The lowest BCUT2D eigenvalue weighted by Crippen LogP contribution is -2.36. The van der Waals surface area contributed by atoms with Gasteiger partial charge in [-0.15, -0.1) is 0 Å². The first-order valence-electron chi connectivity index (χ1n) is 13.9. The van der Waals surface area contributed by atoms with Crippen LogP contribution in [0.1, 0.15) is 39.6 Å². The molecular formula is C34H33N3O3. The Morgan fingerprint density at radius 3 is 2.08 bits per heavy atom. The molecule has 0 aromatic heterocycles. The Labute approximate surface area is 235 Å². The first kappa shape index (κ1) is 25.8. The van der Waals surface area contributed by atoms with E-state index in [9.17, 15) is 9.59 Å². The first-order chi connectivity index (χ1) is 19.6. The summed E-state index contributed by atoms with van der Waals surface area (Å²) in [5, 5.41) is 3.21. The molecule has 2 heterocycles. The summed E-state index contributed by atoms with van der Waals surface area (Å²) in [7, 11) is 0. The van der Waals surface area contributed by atoms with Gasteiger partial charge in [0.2, 0.25) is 0 Å². The predicted octanol–water partition coefficient (Wildman–Crippen LogP) is 6.05. The number of rotatable bonds is 8. The topological polar surface area (TPSA) is 61.9 Å². The van der Waals surface area contributed by atoms with E-state index in [0.29, 0.717) is 18.7 Å². The molecule has 4 aromatic rings.